The molecule has 1 amide bonds. The molecule has 0 spiro atoms. The number of amides is 1. The fourth-order valence-electron chi connectivity index (χ4n) is 6.38. The van der Waals surface area contributed by atoms with Crippen molar-refractivity contribution in [1.29, 1.82) is 0 Å². The molecule has 1 aliphatic heterocycles. The Labute approximate surface area is 218 Å². The van der Waals surface area contributed by atoms with Crippen LogP contribution in [0.4, 0.5) is 5.82 Å². The molecular formula is C28H37ClN4O3. The molecule has 8 heteroatoms. The molecule has 0 radical (unpaired) electrons. The van der Waals surface area contributed by atoms with Crippen LogP contribution in [0.2, 0.25) is 5.02 Å². The summed E-state index contributed by atoms with van der Waals surface area (Å²) in [6.07, 6.45) is 13.2. The fourth-order valence-corrected chi connectivity index (χ4v) is 6.59. The fraction of sp³-hybridized carbons (Fsp3) is 0.571. The lowest BCUT2D eigenvalue weighted by Gasteiger charge is -2.45. The van der Waals surface area contributed by atoms with E-state index in [1.807, 2.05) is 6.07 Å². The number of hydrogen-bond acceptors (Lipinski definition) is 5. The summed E-state index contributed by atoms with van der Waals surface area (Å²) in [6.45, 7) is 1.91. The van der Waals surface area contributed by atoms with Crippen molar-refractivity contribution >= 4 is 29.3 Å². The number of anilines is 1. The Balaban J connectivity index is 0.00000304. The third-order valence-corrected chi connectivity index (χ3v) is 8.62. The zero-order valence-corrected chi connectivity index (χ0v) is 20.8. The van der Waals surface area contributed by atoms with Gasteiger partial charge in [0, 0.05) is 37.6 Å². The molecule has 2 bridgehead atoms. The van der Waals surface area contributed by atoms with Crippen molar-refractivity contribution in [3.05, 3.63) is 41.2 Å². The number of halogens is 1. The zero-order valence-electron chi connectivity index (χ0n) is 20.0. The normalized spacial score (nSPS) is 24.0. The Morgan fingerprint density at radius 1 is 1.08 bits per heavy atom. The van der Waals surface area contributed by atoms with Crippen molar-refractivity contribution in [2.24, 2.45) is 17.3 Å². The van der Waals surface area contributed by atoms with Gasteiger partial charge in [0.25, 0.3) is 5.91 Å². The highest BCUT2D eigenvalue weighted by Crippen LogP contribution is 2.48. The SMILES string of the molecule is C.O=C(NCC12CCCC(CCC1)C2)c1cc(-c2nccnc2N2CCC(C(=O)O)CC2)ccc1Cl. The first-order valence-electron chi connectivity index (χ1n) is 12.8. The van der Waals surface area contributed by atoms with Crippen LogP contribution in [0.15, 0.2) is 30.6 Å². The standard InChI is InChI=1S/C27H33ClN4O3.CH4/c28-22-6-5-20(23-24(30-12-11-29-23)32-13-7-19(8-14-32)26(34)35)15-21(22)25(33)31-17-27-9-1-3-18(16-27)4-2-10-27;/h5-6,11-12,15,18-19H,1-4,7-10,13-14,16-17H2,(H,31,33)(H,34,35);1H4. The van der Waals surface area contributed by atoms with Crippen molar-refractivity contribution in [2.75, 3.05) is 24.5 Å². The van der Waals surface area contributed by atoms with Gasteiger partial charge in [-0.2, -0.15) is 0 Å². The Bertz CT molecular complexity index is 1090. The second kappa shape index (κ2) is 11.2. The molecule has 1 saturated heterocycles. The molecule has 0 unspecified atom stereocenters. The molecule has 3 aliphatic rings. The smallest absolute Gasteiger partial charge is 0.306 e. The van der Waals surface area contributed by atoms with E-state index in [2.05, 4.69) is 20.2 Å². The van der Waals surface area contributed by atoms with E-state index in [0.29, 0.717) is 54.6 Å². The zero-order chi connectivity index (χ0) is 24.4. The summed E-state index contributed by atoms with van der Waals surface area (Å²) in [4.78, 5) is 35.8. The maximum atomic E-state index is 13.2. The molecule has 1 aromatic heterocycles. The van der Waals surface area contributed by atoms with Gasteiger partial charge in [0.15, 0.2) is 5.82 Å². The number of rotatable bonds is 6. The van der Waals surface area contributed by atoms with Gasteiger partial charge < -0.3 is 15.3 Å². The number of piperidine rings is 1. The maximum absolute atomic E-state index is 13.2. The Hall–Kier alpha value is -2.67. The number of benzene rings is 1. The third-order valence-electron chi connectivity index (χ3n) is 8.29. The summed E-state index contributed by atoms with van der Waals surface area (Å²) in [5.74, 6) is 0.317. The molecule has 2 aliphatic carbocycles. The lowest BCUT2D eigenvalue weighted by molar-refractivity contribution is -0.142. The largest absolute Gasteiger partial charge is 0.481 e. The van der Waals surface area contributed by atoms with Crippen molar-refractivity contribution < 1.29 is 14.7 Å². The number of carbonyl (C=O) groups is 2. The summed E-state index contributed by atoms with van der Waals surface area (Å²) >= 11 is 6.47. The number of aliphatic carboxylic acids is 1. The lowest BCUT2D eigenvalue weighted by atomic mass is 9.62. The monoisotopic (exact) mass is 512 g/mol. The molecule has 194 valence electrons. The first-order chi connectivity index (χ1) is 16.9. The van der Waals surface area contributed by atoms with E-state index in [1.165, 1.54) is 44.9 Å². The topological polar surface area (TPSA) is 95.4 Å². The first kappa shape index (κ1) is 26.4. The Kier molecular flexibility index (Phi) is 8.18. The second-order valence-corrected chi connectivity index (χ2v) is 11.0. The van der Waals surface area contributed by atoms with Gasteiger partial charge in [0.05, 0.1) is 16.5 Å². The highest BCUT2D eigenvalue weighted by molar-refractivity contribution is 6.34. The summed E-state index contributed by atoms with van der Waals surface area (Å²) in [6, 6.07) is 5.41. The first-order valence-corrected chi connectivity index (χ1v) is 13.2. The van der Waals surface area contributed by atoms with Gasteiger partial charge in [-0.3, -0.25) is 14.6 Å². The van der Waals surface area contributed by atoms with Crippen LogP contribution in [0, 0.1) is 17.3 Å². The number of fused-ring (bicyclic) bond motifs is 2. The molecule has 2 heterocycles. The van der Waals surface area contributed by atoms with Crippen molar-refractivity contribution in [3.8, 4) is 11.3 Å². The van der Waals surface area contributed by atoms with Crippen LogP contribution < -0.4 is 10.2 Å². The molecule has 5 rings (SSSR count). The van der Waals surface area contributed by atoms with Gasteiger partial charge in [-0.1, -0.05) is 50.8 Å². The summed E-state index contributed by atoms with van der Waals surface area (Å²) in [5.41, 5.74) is 2.13. The van der Waals surface area contributed by atoms with Crippen LogP contribution in [0.5, 0.6) is 0 Å². The molecule has 2 N–H and O–H groups in total. The molecule has 36 heavy (non-hydrogen) atoms. The number of carboxylic acid groups (broad SMARTS) is 1. The van der Waals surface area contributed by atoms with Crippen LogP contribution in [0.1, 0.15) is 75.6 Å². The van der Waals surface area contributed by atoms with E-state index >= 15 is 0 Å². The lowest BCUT2D eigenvalue weighted by Crippen LogP contribution is -2.43. The predicted octanol–water partition coefficient (Wildman–Crippen LogP) is 5.82. The van der Waals surface area contributed by atoms with E-state index in [-0.39, 0.29) is 24.7 Å². The minimum absolute atomic E-state index is 0. The molecule has 1 aromatic carbocycles. The van der Waals surface area contributed by atoms with E-state index in [0.717, 1.165) is 11.5 Å². The highest BCUT2D eigenvalue weighted by Gasteiger charge is 2.39. The molecule has 0 atom stereocenters. The molecular weight excluding hydrogens is 476 g/mol. The number of carbonyl (C=O) groups excluding carboxylic acids is 1. The van der Waals surface area contributed by atoms with E-state index < -0.39 is 5.97 Å². The van der Waals surface area contributed by atoms with Crippen LogP contribution in [-0.2, 0) is 4.79 Å². The Morgan fingerprint density at radius 2 is 1.78 bits per heavy atom. The maximum Gasteiger partial charge on any atom is 0.306 e. The summed E-state index contributed by atoms with van der Waals surface area (Å²) in [7, 11) is 0. The predicted molar refractivity (Wildman–Crippen MR) is 142 cm³/mol. The van der Waals surface area contributed by atoms with Crippen LogP contribution in [0.3, 0.4) is 0 Å². The van der Waals surface area contributed by atoms with Crippen molar-refractivity contribution in [1.82, 2.24) is 15.3 Å². The molecule has 2 aromatic rings. The van der Waals surface area contributed by atoms with E-state index in [9.17, 15) is 14.7 Å². The number of aromatic nitrogens is 2. The van der Waals surface area contributed by atoms with Gasteiger partial charge in [-0.05, 0) is 55.6 Å². The van der Waals surface area contributed by atoms with Crippen molar-refractivity contribution in [2.45, 2.75) is 65.2 Å². The van der Waals surface area contributed by atoms with E-state index in [1.54, 1.807) is 24.5 Å². The third kappa shape index (κ3) is 5.51. The van der Waals surface area contributed by atoms with Crippen molar-refractivity contribution in [3.63, 3.8) is 0 Å². The minimum Gasteiger partial charge on any atom is -0.481 e. The number of nitrogens with zero attached hydrogens (tertiary/aromatic N) is 3. The van der Waals surface area contributed by atoms with Gasteiger partial charge in [0.1, 0.15) is 5.69 Å². The number of nitrogens with one attached hydrogen (secondary N) is 1. The summed E-state index contributed by atoms with van der Waals surface area (Å²) in [5, 5.41) is 12.9. The van der Waals surface area contributed by atoms with Gasteiger partial charge in [-0.25, -0.2) is 4.98 Å². The van der Waals surface area contributed by atoms with Gasteiger partial charge in [-0.15, -0.1) is 0 Å². The second-order valence-electron chi connectivity index (χ2n) is 10.6. The Morgan fingerprint density at radius 3 is 2.47 bits per heavy atom. The van der Waals surface area contributed by atoms with Crippen LogP contribution >= 0.6 is 11.6 Å². The molecule has 7 nitrogen and oxygen atoms in total. The number of hydrogen-bond donors (Lipinski definition) is 2. The number of carboxylic acids is 1. The average Bonchev–Trinajstić information content (AvgIpc) is 2.88. The van der Waals surface area contributed by atoms with Crippen LogP contribution in [0.25, 0.3) is 11.3 Å². The minimum atomic E-state index is -0.742. The average molecular weight is 513 g/mol. The summed E-state index contributed by atoms with van der Waals surface area (Å²) < 4.78 is 0. The van der Waals surface area contributed by atoms with E-state index in [4.69, 9.17) is 11.6 Å². The quantitative estimate of drug-likeness (QED) is 0.506. The highest BCUT2D eigenvalue weighted by atomic mass is 35.5. The molecule has 3 fully saturated rings. The van der Waals surface area contributed by atoms with Gasteiger partial charge >= 0.3 is 5.97 Å². The van der Waals surface area contributed by atoms with Crippen LogP contribution in [-0.4, -0.2) is 46.6 Å². The molecule has 2 saturated carbocycles. The van der Waals surface area contributed by atoms with Gasteiger partial charge in [0.2, 0.25) is 0 Å².